The average molecular weight is 362 g/mol. The van der Waals surface area contributed by atoms with Gasteiger partial charge in [-0.25, -0.2) is 15.0 Å². The lowest BCUT2D eigenvalue weighted by molar-refractivity contribution is 0.637. The van der Waals surface area contributed by atoms with Gasteiger partial charge < -0.3 is 9.80 Å². The first-order chi connectivity index (χ1) is 13.3. The Morgan fingerprint density at radius 2 is 1.78 bits per heavy atom. The normalized spacial score (nSPS) is 16.6. The Bertz CT molecular complexity index is 958. The Morgan fingerprint density at radius 1 is 0.926 bits per heavy atom. The Balaban J connectivity index is 1.32. The van der Waals surface area contributed by atoms with Crippen LogP contribution in [0, 0.1) is 0 Å². The zero-order valence-corrected chi connectivity index (χ0v) is 15.4. The largest absolute Gasteiger partial charge is 0.353 e. The summed E-state index contributed by atoms with van der Waals surface area (Å²) < 4.78 is 1.78. The molecular weight excluding hydrogens is 340 g/mol. The molecule has 3 aromatic heterocycles. The lowest BCUT2D eigenvalue weighted by atomic mass is 10.2. The van der Waals surface area contributed by atoms with Crippen LogP contribution in [0.15, 0.2) is 31.1 Å². The molecule has 0 N–H and O–H groups in total. The first kappa shape index (κ1) is 16.2. The van der Waals surface area contributed by atoms with Gasteiger partial charge in [0.2, 0.25) is 0 Å². The highest BCUT2D eigenvalue weighted by atomic mass is 15.3. The van der Waals surface area contributed by atoms with E-state index in [0.29, 0.717) is 0 Å². The van der Waals surface area contributed by atoms with Crippen molar-refractivity contribution in [2.45, 2.75) is 19.3 Å². The zero-order valence-electron chi connectivity index (χ0n) is 15.4. The molecule has 0 bridgehead atoms. The van der Waals surface area contributed by atoms with Crippen molar-refractivity contribution >= 4 is 11.6 Å². The van der Waals surface area contributed by atoms with Crippen molar-refractivity contribution in [2.24, 2.45) is 7.05 Å². The fourth-order valence-corrected chi connectivity index (χ4v) is 3.96. The molecule has 0 aromatic carbocycles. The third kappa shape index (κ3) is 3.01. The second-order valence-electron chi connectivity index (χ2n) is 7.12. The van der Waals surface area contributed by atoms with Gasteiger partial charge in [-0.15, -0.1) is 0 Å². The van der Waals surface area contributed by atoms with E-state index in [1.165, 1.54) is 17.7 Å². The molecule has 0 spiro atoms. The van der Waals surface area contributed by atoms with Crippen LogP contribution in [0.4, 0.5) is 11.6 Å². The standard InChI is InChI=1S/C19H22N8/c1-25-12-14(9-23-25)17-10-20-11-18(24-17)26-5-7-27(8-6-26)19-15-3-2-4-16(15)21-13-22-19/h9-13H,2-8H2,1H3. The van der Waals surface area contributed by atoms with Gasteiger partial charge in [-0.3, -0.25) is 9.67 Å². The molecule has 138 valence electrons. The summed E-state index contributed by atoms with van der Waals surface area (Å²) in [5.41, 5.74) is 4.43. The smallest absolute Gasteiger partial charge is 0.147 e. The van der Waals surface area contributed by atoms with Gasteiger partial charge in [-0.1, -0.05) is 0 Å². The summed E-state index contributed by atoms with van der Waals surface area (Å²) in [6, 6.07) is 0. The lowest BCUT2D eigenvalue weighted by Crippen LogP contribution is -2.47. The summed E-state index contributed by atoms with van der Waals surface area (Å²) in [5.74, 6) is 2.05. The molecule has 0 amide bonds. The number of anilines is 2. The van der Waals surface area contributed by atoms with Crippen LogP contribution in [0.1, 0.15) is 17.7 Å². The van der Waals surface area contributed by atoms with Gasteiger partial charge >= 0.3 is 0 Å². The van der Waals surface area contributed by atoms with Gasteiger partial charge in [0, 0.05) is 56.2 Å². The van der Waals surface area contributed by atoms with Crippen molar-refractivity contribution in [2.75, 3.05) is 36.0 Å². The topological polar surface area (TPSA) is 75.9 Å². The molecule has 1 fully saturated rings. The molecule has 3 aromatic rings. The molecule has 1 aliphatic heterocycles. The second kappa shape index (κ2) is 6.61. The highest BCUT2D eigenvalue weighted by molar-refractivity contribution is 5.59. The Hall–Kier alpha value is -3.03. The van der Waals surface area contributed by atoms with Crippen molar-refractivity contribution in [1.82, 2.24) is 29.7 Å². The second-order valence-corrected chi connectivity index (χ2v) is 7.12. The lowest BCUT2D eigenvalue weighted by Gasteiger charge is -2.36. The maximum Gasteiger partial charge on any atom is 0.147 e. The molecule has 0 unspecified atom stereocenters. The predicted molar refractivity (Wildman–Crippen MR) is 103 cm³/mol. The molecule has 8 heteroatoms. The first-order valence-electron chi connectivity index (χ1n) is 9.41. The van der Waals surface area contributed by atoms with Crippen molar-refractivity contribution < 1.29 is 0 Å². The van der Waals surface area contributed by atoms with Crippen molar-refractivity contribution in [3.05, 3.63) is 42.4 Å². The van der Waals surface area contributed by atoms with E-state index in [0.717, 1.165) is 61.9 Å². The molecule has 0 saturated carbocycles. The quantitative estimate of drug-likeness (QED) is 0.698. The maximum atomic E-state index is 4.80. The average Bonchev–Trinajstić information content (AvgIpc) is 3.37. The van der Waals surface area contributed by atoms with E-state index < -0.39 is 0 Å². The summed E-state index contributed by atoms with van der Waals surface area (Å²) in [5, 5.41) is 4.22. The third-order valence-corrected chi connectivity index (χ3v) is 5.38. The minimum atomic E-state index is 0.858. The number of nitrogens with zero attached hydrogens (tertiary/aromatic N) is 8. The fraction of sp³-hybridized carbons (Fsp3) is 0.421. The molecule has 2 aliphatic rings. The number of hydrogen-bond acceptors (Lipinski definition) is 7. The van der Waals surface area contributed by atoms with Crippen molar-refractivity contribution in [3.63, 3.8) is 0 Å². The van der Waals surface area contributed by atoms with Gasteiger partial charge in [-0.2, -0.15) is 5.10 Å². The highest BCUT2D eigenvalue weighted by Gasteiger charge is 2.25. The molecule has 1 saturated heterocycles. The van der Waals surface area contributed by atoms with Crippen LogP contribution >= 0.6 is 0 Å². The summed E-state index contributed by atoms with van der Waals surface area (Å²) in [6.45, 7) is 3.68. The SMILES string of the molecule is Cn1cc(-c2cncc(N3CCN(c4ncnc5c4CCC5)CC3)n2)cn1. The number of hydrogen-bond donors (Lipinski definition) is 0. The van der Waals surface area contributed by atoms with E-state index in [1.54, 1.807) is 17.2 Å². The van der Waals surface area contributed by atoms with Gasteiger partial charge in [-0.05, 0) is 19.3 Å². The molecule has 5 rings (SSSR count). The summed E-state index contributed by atoms with van der Waals surface area (Å²) in [6.07, 6.45) is 12.5. The Labute approximate surface area is 157 Å². The van der Waals surface area contributed by atoms with Crippen molar-refractivity contribution in [1.29, 1.82) is 0 Å². The van der Waals surface area contributed by atoms with E-state index in [2.05, 4.69) is 29.9 Å². The molecule has 27 heavy (non-hydrogen) atoms. The van der Waals surface area contributed by atoms with Crippen LogP contribution in [-0.4, -0.2) is 55.9 Å². The number of piperazine rings is 1. The number of fused-ring (bicyclic) bond motifs is 1. The predicted octanol–water partition coefficient (Wildman–Crippen LogP) is 1.48. The minimum Gasteiger partial charge on any atom is -0.353 e. The Morgan fingerprint density at radius 3 is 2.59 bits per heavy atom. The van der Waals surface area contributed by atoms with E-state index in [9.17, 15) is 0 Å². The van der Waals surface area contributed by atoms with Gasteiger partial charge in [0.05, 0.1) is 24.3 Å². The maximum absolute atomic E-state index is 4.80. The fourth-order valence-electron chi connectivity index (χ4n) is 3.96. The van der Waals surface area contributed by atoms with Gasteiger partial charge in [0.25, 0.3) is 0 Å². The van der Waals surface area contributed by atoms with Crippen LogP contribution in [0.25, 0.3) is 11.3 Å². The van der Waals surface area contributed by atoms with Gasteiger partial charge in [0.1, 0.15) is 18.0 Å². The zero-order chi connectivity index (χ0) is 18.2. The molecule has 1 aliphatic carbocycles. The molecule has 0 atom stereocenters. The van der Waals surface area contributed by atoms with E-state index in [1.807, 2.05) is 25.6 Å². The van der Waals surface area contributed by atoms with E-state index in [4.69, 9.17) is 4.98 Å². The number of rotatable bonds is 3. The molecule has 8 nitrogen and oxygen atoms in total. The summed E-state index contributed by atoms with van der Waals surface area (Å²) in [7, 11) is 1.91. The summed E-state index contributed by atoms with van der Waals surface area (Å²) >= 11 is 0. The van der Waals surface area contributed by atoms with E-state index in [-0.39, 0.29) is 0 Å². The number of aryl methyl sites for hydroxylation is 2. The Kier molecular flexibility index (Phi) is 3.95. The summed E-state index contributed by atoms with van der Waals surface area (Å²) in [4.78, 5) is 22.9. The highest BCUT2D eigenvalue weighted by Crippen LogP contribution is 2.29. The van der Waals surface area contributed by atoms with Crippen LogP contribution in [0.5, 0.6) is 0 Å². The first-order valence-corrected chi connectivity index (χ1v) is 9.41. The molecule has 0 radical (unpaired) electrons. The van der Waals surface area contributed by atoms with Crippen LogP contribution in [0.3, 0.4) is 0 Å². The minimum absolute atomic E-state index is 0.858. The van der Waals surface area contributed by atoms with Crippen LogP contribution in [0.2, 0.25) is 0 Å². The van der Waals surface area contributed by atoms with Crippen molar-refractivity contribution in [3.8, 4) is 11.3 Å². The third-order valence-electron chi connectivity index (χ3n) is 5.38. The van der Waals surface area contributed by atoms with E-state index >= 15 is 0 Å². The monoisotopic (exact) mass is 362 g/mol. The molecule has 4 heterocycles. The van der Waals surface area contributed by atoms with Crippen LogP contribution < -0.4 is 9.80 Å². The van der Waals surface area contributed by atoms with Crippen LogP contribution in [-0.2, 0) is 19.9 Å². The number of aromatic nitrogens is 6. The molecular formula is C19H22N8. The van der Waals surface area contributed by atoms with Gasteiger partial charge in [0.15, 0.2) is 0 Å².